The molecular formula is C25H32N2O4S. The first-order valence-corrected chi connectivity index (χ1v) is 12.5. The molecule has 0 aromatic heterocycles. The third-order valence-corrected chi connectivity index (χ3v) is 7.47. The Hall–Kier alpha value is -2.64. The number of nitrogens with one attached hydrogen (secondary N) is 1. The van der Waals surface area contributed by atoms with Crippen LogP contribution in [0.5, 0.6) is 5.75 Å². The third kappa shape index (κ3) is 6.43. The summed E-state index contributed by atoms with van der Waals surface area (Å²) in [7, 11) is -2.33. The molecule has 1 aliphatic carbocycles. The number of nitrogens with zero attached hydrogens (tertiary/aromatic N) is 1. The van der Waals surface area contributed by atoms with E-state index in [-0.39, 0.29) is 23.9 Å². The summed E-state index contributed by atoms with van der Waals surface area (Å²) in [4.78, 5) is 12.8. The Bertz CT molecular complexity index is 1050. The van der Waals surface area contributed by atoms with Gasteiger partial charge in [0.1, 0.15) is 5.75 Å². The van der Waals surface area contributed by atoms with Crippen molar-refractivity contribution in [1.82, 2.24) is 9.62 Å². The number of sulfonamides is 1. The van der Waals surface area contributed by atoms with Crippen LogP contribution in [-0.4, -0.2) is 38.8 Å². The van der Waals surface area contributed by atoms with Crippen molar-refractivity contribution < 1.29 is 17.9 Å². The topological polar surface area (TPSA) is 75.7 Å². The molecule has 0 saturated heterocycles. The van der Waals surface area contributed by atoms with Gasteiger partial charge in [-0.25, -0.2) is 8.42 Å². The molecule has 32 heavy (non-hydrogen) atoms. The van der Waals surface area contributed by atoms with E-state index in [1.54, 1.807) is 26.2 Å². The van der Waals surface area contributed by atoms with E-state index < -0.39 is 10.0 Å². The summed E-state index contributed by atoms with van der Waals surface area (Å²) in [5.41, 5.74) is 2.92. The van der Waals surface area contributed by atoms with Crippen LogP contribution < -0.4 is 10.1 Å². The van der Waals surface area contributed by atoms with E-state index in [4.69, 9.17) is 4.74 Å². The molecule has 0 bridgehead atoms. The van der Waals surface area contributed by atoms with Gasteiger partial charge >= 0.3 is 0 Å². The largest absolute Gasteiger partial charge is 0.496 e. The molecule has 0 atom stereocenters. The van der Waals surface area contributed by atoms with E-state index in [0.717, 1.165) is 30.4 Å². The first-order valence-electron chi connectivity index (χ1n) is 11.0. The zero-order valence-corrected chi connectivity index (χ0v) is 19.7. The van der Waals surface area contributed by atoms with Crippen molar-refractivity contribution >= 4 is 15.9 Å². The lowest BCUT2D eigenvalue weighted by Gasteiger charge is -2.22. The van der Waals surface area contributed by atoms with Gasteiger partial charge in [0, 0.05) is 13.1 Å². The van der Waals surface area contributed by atoms with Crippen LogP contribution in [0.25, 0.3) is 0 Å². The Morgan fingerprint density at radius 1 is 1.12 bits per heavy atom. The molecule has 2 aromatic rings. The van der Waals surface area contributed by atoms with Gasteiger partial charge in [-0.05, 0) is 68.4 Å². The predicted molar refractivity (Wildman–Crippen MR) is 126 cm³/mol. The minimum Gasteiger partial charge on any atom is -0.496 e. The zero-order valence-electron chi connectivity index (χ0n) is 18.8. The van der Waals surface area contributed by atoms with E-state index in [2.05, 4.69) is 11.4 Å². The minimum absolute atomic E-state index is 0.118. The average Bonchev–Trinajstić information content (AvgIpc) is 2.80. The normalized spacial score (nSPS) is 14.2. The number of carbonyl (C=O) groups is 1. The monoisotopic (exact) mass is 456 g/mol. The van der Waals surface area contributed by atoms with Crippen molar-refractivity contribution in [2.24, 2.45) is 0 Å². The van der Waals surface area contributed by atoms with Crippen molar-refractivity contribution in [2.75, 3.05) is 20.2 Å². The smallest absolute Gasteiger partial charge is 0.243 e. The number of hydrogen-bond donors (Lipinski definition) is 1. The summed E-state index contributed by atoms with van der Waals surface area (Å²) >= 11 is 0. The number of amides is 1. The molecule has 3 rings (SSSR count). The van der Waals surface area contributed by atoms with Gasteiger partial charge in [0.05, 0.1) is 18.6 Å². The summed E-state index contributed by atoms with van der Waals surface area (Å²) in [6.07, 6.45) is 7.69. The Morgan fingerprint density at radius 3 is 2.56 bits per heavy atom. The molecule has 6 nitrogen and oxygen atoms in total. The highest BCUT2D eigenvalue weighted by molar-refractivity contribution is 7.89. The van der Waals surface area contributed by atoms with Crippen molar-refractivity contribution in [3.63, 3.8) is 0 Å². The number of methoxy groups -OCH3 is 1. The highest BCUT2D eigenvalue weighted by Crippen LogP contribution is 2.25. The quantitative estimate of drug-likeness (QED) is 0.544. The Balaban J connectivity index is 1.74. The molecular weight excluding hydrogens is 424 g/mol. The molecule has 0 saturated carbocycles. The van der Waals surface area contributed by atoms with Crippen LogP contribution in [0.2, 0.25) is 0 Å². The SMILES string of the molecule is COc1ccc(S(=O)(=O)N(CC(=O)NCCC2=CCCCC2)Cc2ccccc2)cc1C. The number of carbonyl (C=O) groups excluding carboxylic acids is 1. The Morgan fingerprint density at radius 2 is 1.91 bits per heavy atom. The summed E-state index contributed by atoms with van der Waals surface area (Å²) < 4.78 is 33.4. The molecule has 0 spiro atoms. The minimum atomic E-state index is -3.88. The van der Waals surface area contributed by atoms with E-state index in [1.165, 1.54) is 28.8 Å². The van der Waals surface area contributed by atoms with Crippen LogP contribution in [0, 0.1) is 6.92 Å². The molecule has 1 aliphatic rings. The summed E-state index contributed by atoms with van der Waals surface area (Å²) in [6.45, 7) is 2.20. The highest BCUT2D eigenvalue weighted by Gasteiger charge is 2.27. The van der Waals surface area contributed by atoms with Crippen LogP contribution in [0.3, 0.4) is 0 Å². The maximum Gasteiger partial charge on any atom is 0.243 e. The maximum atomic E-state index is 13.4. The highest BCUT2D eigenvalue weighted by atomic mass is 32.2. The van der Waals surface area contributed by atoms with E-state index in [9.17, 15) is 13.2 Å². The molecule has 172 valence electrons. The lowest BCUT2D eigenvalue weighted by atomic mass is 9.97. The molecule has 1 N–H and O–H groups in total. The van der Waals surface area contributed by atoms with Gasteiger partial charge in [0.2, 0.25) is 15.9 Å². The van der Waals surface area contributed by atoms with Crippen LogP contribution in [0.4, 0.5) is 0 Å². The van der Waals surface area contributed by atoms with E-state index in [0.29, 0.717) is 12.3 Å². The molecule has 0 radical (unpaired) electrons. The average molecular weight is 457 g/mol. The summed E-state index contributed by atoms with van der Waals surface area (Å²) in [6, 6.07) is 14.0. The molecule has 2 aromatic carbocycles. The fourth-order valence-corrected chi connectivity index (χ4v) is 5.35. The second-order valence-electron chi connectivity index (χ2n) is 8.10. The van der Waals surface area contributed by atoms with Crippen LogP contribution >= 0.6 is 0 Å². The summed E-state index contributed by atoms with van der Waals surface area (Å²) in [5.74, 6) is 0.319. The Kier molecular flexibility index (Phi) is 8.47. The molecule has 0 unspecified atom stereocenters. The van der Waals surface area contributed by atoms with Gasteiger partial charge in [0.15, 0.2) is 0 Å². The molecule has 0 aliphatic heterocycles. The van der Waals surface area contributed by atoms with Gasteiger partial charge in [0.25, 0.3) is 0 Å². The van der Waals surface area contributed by atoms with Crippen LogP contribution in [0.1, 0.15) is 43.2 Å². The van der Waals surface area contributed by atoms with Crippen molar-refractivity contribution in [3.8, 4) is 5.75 Å². The lowest BCUT2D eigenvalue weighted by molar-refractivity contribution is -0.121. The van der Waals surface area contributed by atoms with E-state index >= 15 is 0 Å². The fourth-order valence-electron chi connectivity index (χ4n) is 3.88. The second-order valence-corrected chi connectivity index (χ2v) is 10.0. The number of rotatable bonds is 10. The number of benzene rings is 2. The van der Waals surface area contributed by atoms with Gasteiger partial charge in [-0.3, -0.25) is 4.79 Å². The van der Waals surface area contributed by atoms with Gasteiger partial charge in [-0.1, -0.05) is 42.0 Å². The lowest BCUT2D eigenvalue weighted by Crippen LogP contribution is -2.40. The van der Waals surface area contributed by atoms with E-state index in [1.807, 2.05) is 30.3 Å². The van der Waals surface area contributed by atoms with Gasteiger partial charge in [-0.15, -0.1) is 0 Å². The number of hydrogen-bond acceptors (Lipinski definition) is 4. The zero-order chi connectivity index (χ0) is 23.0. The van der Waals surface area contributed by atoms with Crippen molar-refractivity contribution in [1.29, 1.82) is 0 Å². The molecule has 7 heteroatoms. The van der Waals surface area contributed by atoms with Crippen LogP contribution in [0.15, 0.2) is 65.1 Å². The fraction of sp³-hybridized carbons (Fsp3) is 0.400. The molecule has 0 fully saturated rings. The summed E-state index contributed by atoms with van der Waals surface area (Å²) in [5, 5.41) is 2.89. The maximum absolute atomic E-state index is 13.4. The van der Waals surface area contributed by atoms with Gasteiger partial charge < -0.3 is 10.1 Å². The first kappa shape index (κ1) is 24.0. The first-order chi connectivity index (χ1) is 15.4. The third-order valence-electron chi connectivity index (χ3n) is 5.68. The second kappa shape index (κ2) is 11.3. The molecule has 0 heterocycles. The van der Waals surface area contributed by atoms with Crippen molar-refractivity contribution in [2.45, 2.75) is 50.5 Å². The van der Waals surface area contributed by atoms with Gasteiger partial charge in [-0.2, -0.15) is 4.31 Å². The van der Waals surface area contributed by atoms with Crippen LogP contribution in [-0.2, 0) is 21.4 Å². The number of aryl methyl sites for hydroxylation is 1. The Labute approximate surface area is 191 Å². The standard InChI is InChI=1S/C25H32N2O4S/c1-20-17-23(13-14-24(20)31-2)32(29,30)27(18-22-11-7-4-8-12-22)19-25(28)26-16-15-21-9-5-3-6-10-21/h4,7-9,11-14,17H,3,5-6,10,15-16,18-19H2,1-2H3,(H,26,28). The number of ether oxygens (including phenoxy) is 1. The molecule has 1 amide bonds. The van der Waals surface area contributed by atoms with Crippen molar-refractivity contribution in [3.05, 3.63) is 71.3 Å². The predicted octanol–water partition coefficient (Wildman–Crippen LogP) is 4.20. The number of allylic oxidation sites excluding steroid dienone is 1.